The number of fused-ring (bicyclic) bond motifs is 10. The summed E-state index contributed by atoms with van der Waals surface area (Å²) in [5, 5.41) is 29.1. The van der Waals surface area contributed by atoms with E-state index >= 15 is 0 Å². The van der Waals surface area contributed by atoms with E-state index in [9.17, 15) is 10.4 Å². The van der Waals surface area contributed by atoms with Crippen molar-refractivity contribution in [2.75, 3.05) is 13.2 Å². The average Bonchev–Trinajstić information content (AvgIpc) is 3.81. The molecule has 6 saturated carbocycles. The van der Waals surface area contributed by atoms with E-state index in [1.807, 2.05) is 0 Å². The van der Waals surface area contributed by atoms with Crippen molar-refractivity contribution >= 4 is 11.4 Å². The molecule has 360 valence electrons. The zero-order chi connectivity index (χ0) is 45.6. The van der Waals surface area contributed by atoms with Crippen molar-refractivity contribution < 1.29 is 19.9 Å². The summed E-state index contributed by atoms with van der Waals surface area (Å²) in [6, 6.07) is 0. The van der Waals surface area contributed by atoms with Gasteiger partial charge in [-0.25, -0.2) is 0 Å². The summed E-state index contributed by atoms with van der Waals surface area (Å²) in [6.07, 6.45) is 34.0. The fourth-order valence-electron chi connectivity index (χ4n) is 18.1. The molecule has 16 atom stereocenters. The summed E-state index contributed by atoms with van der Waals surface area (Å²) in [5.74, 6) is 8.88. The maximum absolute atomic E-state index is 10.5. The van der Waals surface area contributed by atoms with Gasteiger partial charge in [0.2, 0.25) is 0 Å². The van der Waals surface area contributed by atoms with E-state index in [0.29, 0.717) is 47.7 Å². The Labute approximate surface area is 391 Å². The molecule has 8 aliphatic carbocycles. The quantitative estimate of drug-likeness (QED) is 0.0919. The molecular weight excluding hydrogens is 789 g/mol. The maximum atomic E-state index is 10.5. The highest BCUT2D eigenvalue weighted by Gasteiger charge is 2.62. The standard InChI is InChI=1S/C58H94N2O4/c1-37(2)15-13-17-39(5)45-19-21-47-43-35-53(59-61)51-33-41(23-27-57(51,9)49(43)25-29-55(45,47)7)63-31-11-12-32-64-42-24-28-58(10)50-26-30-56(8)46(40(6)18-14-16-38(3)4)20-22-48(56)44(50)36-54(60-62)52(58)34-42/h11-12,33-34,37-50,61-62H,13-32,35-36H2,1-10H3/b12-11+,59-53-,60-54-/t39-,40-,41+,42+,43+,44+,45-,46-,47+,48+,49+,50+,55-,56-,57-,58-/m1/s1. The molecule has 0 heterocycles. The minimum atomic E-state index is 0.0383. The Morgan fingerprint density at radius 3 is 1.33 bits per heavy atom. The lowest BCUT2D eigenvalue weighted by Crippen LogP contribution is -2.53. The van der Waals surface area contributed by atoms with Gasteiger partial charge in [-0.15, -0.1) is 0 Å². The van der Waals surface area contributed by atoms with Gasteiger partial charge in [0, 0.05) is 0 Å². The summed E-state index contributed by atoms with van der Waals surface area (Å²) >= 11 is 0. The number of hydrogen-bond donors (Lipinski definition) is 2. The Bertz CT molecular complexity index is 1650. The van der Waals surface area contributed by atoms with Crippen molar-refractivity contribution in [2.45, 2.75) is 210 Å². The molecule has 6 nitrogen and oxygen atoms in total. The average molecular weight is 883 g/mol. The summed E-state index contributed by atoms with van der Waals surface area (Å²) in [4.78, 5) is 0. The summed E-state index contributed by atoms with van der Waals surface area (Å²) in [7, 11) is 0. The van der Waals surface area contributed by atoms with Crippen LogP contribution in [0.3, 0.4) is 0 Å². The van der Waals surface area contributed by atoms with Crippen LogP contribution in [0.25, 0.3) is 0 Å². The molecule has 0 aliphatic heterocycles. The van der Waals surface area contributed by atoms with Crippen LogP contribution < -0.4 is 0 Å². The number of hydrogen-bond acceptors (Lipinski definition) is 6. The first-order valence-electron chi connectivity index (χ1n) is 27.3. The highest BCUT2D eigenvalue weighted by atomic mass is 16.5. The van der Waals surface area contributed by atoms with Crippen LogP contribution in [0.4, 0.5) is 0 Å². The first-order valence-corrected chi connectivity index (χ1v) is 27.3. The van der Waals surface area contributed by atoms with E-state index in [4.69, 9.17) is 9.47 Å². The SMILES string of the molecule is CC(C)CCC[C@@H](C)[C@H]1CC[C@H]2[C@@H]3C/C(=N/O)C4=C[C@@H](OC/C=C/CO[C@@H]5C=C6/C(=N\O)C[C@H]7[C@@H]8CC[C@H]([C@H](C)CCCC(C)C)[C@@]8(C)CC[C@@H]7[C@@]6(C)CC5)CC[C@]4(C)[C@H]3CC[C@]12C. The molecule has 0 unspecified atom stereocenters. The van der Waals surface area contributed by atoms with Crippen LogP contribution in [0.1, 0.15) is 198 Å². The van der Waals surface area contributed by atoms with E-state index in [2.05, 4.69) is 104 Å². The van der Waals surface area contributed by atoms with Crippen molar-refractivity contribution in [3.8, 4) is 0 Å². The van der Waals surface area contributed by atoms with Crippen LogP contribution in [-0.2, 0) is 9.47 Å². The smallest absolute Gasteiger partial charge is 0.0833 e. The molecular formula is C58H94N2O4. The molecule has 64 heavy (non-hydrogen) atoms. The zero-order valence-corrected chi connectivity index (χ0v) is 42.6. The van der Waals surface area contributed by atoms with E-state index in [1.54, 1.807) is 0 Å². The number of ether oxygens (including phenoxy) is 2. The first-order chi connectivity index (χ1) is 30.6. The molecule has 2 N–H and O–H groups in total. The van der Waals surface area contributed by atoms with Crippen LogP contribution >= 0.6 is 0 Å². The van der Waals surface area contributed by atoms with Crippen LogP contribution in [0.5, 0.6) is 0 Å². The van der Waals surface area contributed by atoms with Gasteiger partial charge in [-0.3, -0.25) is 0 Å². The minimum absolute atomic E-state index is 0.0383. The van der Waals surface area contributed by atoms with Crippen molar-refractivity contribution in [1.29, 1.82) is 0 Å². The molecule has 0 spiro atoms. The largest absolute Gasteiger partial charge is 0.411 e. The molecule has 0 saturated heterocycles. The second-order valence-corrected chi connectivity index (χ2v) is 25.6. The van der Waals surface area contributed by atoms with Gasteiger partial charge in [-0.05, 0) is 194 Å². The van der Waals surface area contributed by atoms with Crippen molar-refractivity contribution in [1.82, 2.24) is 0 Å². The van der Waals surface area contributed by atoms with E-state index in [0.717, 1.165) is 97.3 Å². The zero-order valence-electron chi connectivity index (χ0n) is 42.6. The minimum Gasteiger partial charge on any atom is -0.411 e. The van der Waals surface area contributed by atoms with Gasteiger partial charge < -0.3 is 19.9 Å². The van der Waals surface area contributed by atoms with Gasteiger partial charge in [0.1, 0.15) is 0 Å². The molecule has 0 aromatic heterocycles. The highest BCUT2D eigenvalue weighted by molar-refractivity contribution is 6.03. The third-order valence-corrected chi connectivity index (χ3v) is 21.4. The number of nitrogens with zero attached hydrogens (tertiary/aromatic N) is 2. The molecule has 6 heteroatoms. The normalized spacial score (nSPS) is 43.9. The molecule has 8 aliphatic rings. The Hall–Kier alpha value is -1.92. The Kier molecular flexibility index (Phi) is 14.9. The van der Waals surface area contributed by atoms with Gasteiger partial charge >= 0.3 is 0 Å². The number of allylic oxidation sites excluding steroid dienone is 2. The van der Waals surface area contributed by atoms with Crippen LogP contribution in [0, 0.1) is 92.7 Å². The third kappa shape index (κ3) is 8.95. The molecule has 8 rings (SSSR count). The first kappa shape index (κ1) is 48.5. The fourth-order valence-corrected chi connectivity index (χ4v) is 18.1. The molecule has 6 fully saturated rings. The van der Waals surface area contributed by atoms with Gasteiger partial charge in [0.05, 0.1) is 36.8 Å². The fraction of sp³-hybridized carbons (Fsp3) is 0.862. The van der Waals surface area contributed by atoms with Crippen LogP contribution in [-0.4, -0.2) is 47.3 Å². The second kappa shape index (κ2) is 19.6. The maximum Gasteiger partial charge on any atom is 0.0833 e. The predicted octanol–water partition coefficient (Wildman–Crippen LogP) is 15.3. The lowest BCUT2D eigenvalue weighted by atomic mass is 9.46. The lowest BCUT2D eigenvalue weighted by molar-refractivity contribution is -0.0497. The molecule has 0 radical (unpaired) electrons. The Balaban J connectivity index is 0.833. The van der Waals surface area contributed by atoms with Crippen molar-refractivity contribution in [3.05, 3.63) is 35.5 Å². The molecule has 0 aromatic carbocycles. The van der Waals surface area contributed by atoms with E-state index in [-0.39, 0.29) is 23.0 Å². The Morgan fingerprint density at radius 2 is 0.953 bits per heavy atom. The summed E-state index contributed by atoms with van der Waals surface area (Å²) in [6.45, 7) is 25.9. The predicted molar refractivity (Wildman–Crippen MR) is 264 cm³/mol. The molecule has 0 aromatic rings. The van der Waals surface area contributed by atoms with E-state index < -0.39 is 0 Å². The lowest BCUT2D eigenvalue weighted by Gasteiger charge is -2.59. The number of oxime groups is 2. The van der Waals surface area contributed by atoms with E-state index in [1.165, 1.54) is 101 Å². The monoisotopic (exact) mass is 883 g/mol. The molecule has 0 amide bonds. The highest BCUT2D eigenvalue weighted by Crippen LogP contribution is 2.69. The van der Waals surface area contributed by atoms with Crippen molar-refractivity contribution in [2.24, 2.45) is 103 Å². The number of rotatable bonds is 16. The summed E-state index contributed by atoms with van der Waals surface area (Å²) in [5.41, 5.74) is 5.37. The van der Waals surface area contributed by atoms with Gasteiger partial charge in [0.25, 0.3) is 0 Å². The summed E-state index contributed by atoms with van der Waals surface area (Å²) < 4.78 is 13.0. The second-order valence-electron chi connectivity index (χ2n) is 25.6. The third-order valence-electron chi connectivity index (χ3n) is 21.4. The van der Waals surface area contributed by atoms with Gasteiger partial charge in [0.15, 0.2) is 0 Å². The van der Waals surface area contributed by atoms with Gasteiger partial charge in [-0.2, -0.15) is 0 Å². The topological polar surface area (TPSA) is 83.6 Å². The van der Waals surface area contributed by atoms with Crippen LogP contribution in [0.15, 0.2) is 45.8 Å². The van der Waals surface area contributed by atoms with Crippen molar-refractivity contribution in [3.63, 3.8) is 0 Å². The molecule has 0 bridgehead atoms. The Morgan fingerprint density at radius 1 is 0.547 bits per heavy atom. The van der Waals surface area contributed by atoms with Crippen LogP contribution in [0.2, 0.25) is 0 Å². The van der Waals surface area contributed by atoms with Gasteiger partial charge in [-0.1, -0.05) is 142 Å².